The van der Waals surface area contributed by atoms with Crippen molar-refractivity contribution in [3.05, 3.63) is 59.7 Å². The van der Waals surface area contributed by atoms with Gasteiger partial charge in [-0.15, -0.1) is 0 Å². The molecule has 2 heterocycles. The van der Waals surface area contributed by atoms with Crippen LogP contribution in [0.3, 0.4) is 0 Å². The molecule has 2 saturated heterocycles. The van der Waals surface area contributed by atoms with Gasteiger partial charge in [0.05, 0.1) is 5.92 Å². The van der Waals surface area contributed by atoms with E-state index < -0.39 is 24.0 Å². The van der Waals surface area contributed by atoms with Crippen LogP contribution in [0.5, 0.6) is 0 Å². The monoisotopic (exact) mass is 474 g/mol. The first kappa shape index (κ1) is 22.1. The van der Waals surface area contributed by atoms with E-state index in [1.807, 2.05) is 24.3 Å². The molecule has 7 heteroatoms. The molecular weight excluding hydrogens is 444 g/mol. The summed E-state index contributed by atoms with van der Waals surface area (Å²) in [5, 5.41) is 12.5. The molecule has 2 aromatic carbocycles. The molecule has 2 aliphatic heterocycles. The van der Waals surface area contributed by atoms with Crippen LogP contribution in [-0.4, -0.2) is 52.7 Å². The maximum absolute atomic E-state index is 13.6. The summed E-state index contributed by atoms with van der Waals surface area (Å²) < 4.78 is 5.72. The van der Waals surface area contributed by atoms with E-state index in [2.05, 4.69) is 29.6 Å². The van der Waals surface area contributed by atoms with Gasteiger partial charge in [0.15, 0.2) is 0 Å². The topological polar surface area (TPSA) is 95.9 Å². The van der Waals surface area contributed by atoms with E-state index in [1.165, 1.54) is 0 Å². The van der Waals surface area contributed by atoms with Gasteiger partial charge in [0, 0.05) is 18.0 Å². The number of hydrogen-bond donors (Lipinski definition) is 2. The number of ether oxygens (including phenoxy) is 1. The summed E-state index contributed by atoms with van der Waals surface area (Å²) in [5.74, 6) is -1.45. The molecule has 182 valence electrons. The first-order valence-corrected chi connectivity index (χ1v) is 12.7. The number of carbonyl (C=O) groups excluding carboxylic acids is 2. The molecule has 0 radical (unpaired) electrons. The van der Waals surface area contributed by atoms with Crippen molar-refractivity contribution < 1.29 is 24.2 Å². The average molecular weight is 475 g/mol. The summed E-state index contributed by atoms with van der Waals surface area (Å²) >= 11 is 0. The smallest absolute Gasteiger partial charge is 0.407 e. The molecule has 3 fully saturated rings. The number of rotatable bonds is 6. The molecule has 6 rings (SSSR count). The maximum Gasteiger partial charge on any atom is 0.407 e. The predicted molar refractivity (Wildman–Crippen MR) is 129 cm³/mol. The SMILES string of the molecule is O=C(NC(C(=O)N1[C@H]2CC[C@@H]1[C@H](C(=O)O)C2)C1CCC1)OCC1c2ccccc2-c2ccccc21. The fourth-order valence-electron chi connectivity index (χ4n) is 6.68. The van der Waals surface area contributed by atoms with Gasteiger partial charge in [0.1, 0.15) is 12.6 Å². The number of benzene rings is 2. The van der Waals surface area contributed by atoms with E-state index in [4.69, 9.17) is 4.74 Å². The molecule has 1 unspecified atom stereocenters. The van der Waals surface area contributed by atoms with E-state index >= 15 is 0 Å². The lowest BCUT2D eigenvalue weighted by molar-refractivity contribution is -0.143. The van der Waals surface area contributed by atoms with Crippen molar-refractivity contribution in [1.82, 2.24) is 10.2 Å². The molecule has 4 atom stereocenters. The standard InChI is InChI=1S/C28H30N2O5/c31-26(30-17-12-13-24(30)22(14-17)27(32)33)25(16-6-5-7-16)29-28(34)35-15-23-20-10-3-1-8-18(20)19-9-2-4-11-21(19)23/h1-4,8-11,16-17,22-25H,5-7,12-15H2,(H,29,34)(H,32,33)/t17-,22+,24+,25?/m0/s1. The molecule has 2 N–H and O–H groups in total. The molecule has 7 nitrogen and oxygen atoms in total. The minimum atomic E-state index is -0.834. The van der Waals surface area contributed by atoms with Crippen molar-refractivity contribution in [2.24, 2.45) is 11.8 Å². The molecule has 4 aliphatic rings. The normalized spacial score (nSPS) is 25.5. The van der Waals surface area contributed by atoms with E-state index in [1.54, 1.807) is 4.90 Å². The number of hydrogen-bond acceptors (Lipinski definition) is 4. The zero-order valence-electron chi connectivity index (χ0n) is 19.6. The lowest BCUT2D eigenvalue weighted by Gasteiger charge is -2.36. The van der Waals surface area contributed by atoms with Gasteiger partial charge in [0.25, 0.3) is 0 Å². The number of nitrogens with zero attached hydrogens (tertiary/aromatic N) is 1. The van der Waals surface area contributed by atoms with Crippen LogP contribution in [0, 0.1) is 11.8 Å². The molecular formula is C28H30N2O5. The van der Waals surface area contributed by atoms with Crippen LogP contribution in [0.25, 0.3) is 11.1 Å². The minimum absolute atomic E-state index is 0.0412. The molecule has 1 saturated carbocycles. The highest BCUT2D eigenvalue weighted by atomic mass is 16.5. The number of carboxylic acids is 1. The van der Waals surface area contributed by atoms with Gasteiger partial charge in [-0.3, -0.25) is 9.59 Å². The second-order valence-electron chi connectivity index (χ2n) is 10.4. The van der Waals surface area contributed by atoms with Gasteiger partial charge >= 0.3 is 12.1 Å². The molecule has 2 aromatic rings. The third-order valence-corrected chi connectivity index (χ3v) is 8.61. The summed E-state index contributed by atoms with van der Waals surface area (Å²) in [7, 11) is 0. The molecule has 2 aliphatic carbocycles. The fourth-order valence-corrected chi connectivity index (χ4v) is 6.68. The number of carbonyl (C=O) groups is 3. The van der Waals surface area contributed by atoms with Gasteiger partial charge < -0.3 is 20.1 Å². The van der Waals surface area contributed by atoms with Crippen molar-refractivity contribution in [2.75, 3.05) is 6.61 Å². The van der Waals surface area contributed by atoms with Crippen LogP contribution < -0.4 is 5.32 Å². The van der Waals surface area contributed by atoms with Gasteiger partial charge in [-0.1, -0.05) is 55.0 Å². The van der Waals surface area contributed by atoms with Gasteiger partial charge in [-0.05, 0) is 60.3 Å². The number of aliphatic carboxylic acids is 1. The fraction of sp³-hybridized carbons (Fsp3) is 0.464. The van der Waals surface area contributed by atoms with Gasteiger partial charge in [-0.25, -0.2) is 4.79 Å². The highest BCUT2D eigenvalue weighted by molar-refractivity contribution is 5.88. The van der Waals surface area contributed by atoms with Crippen LogP contribution in [-0.2, 0) is 14.3 Å². The first-order valence-electron chi connectivity index (χ1n) is 12.7. The van der Waals surface area contributed by atoms with Crippen LogP contribution in [0.4, 0.5) is 4.79 Å². The second-order valence-corrected chi connectivity index (χ2v) is 10.4. The largest absolute Gasteiger partial charge is 0.481 e. The van der Waals surface area contributed by atoms with Crippen LogP contribution in [0.2, 0.25) is 0 Å². The van der Waals surface area contributed by atoms with Crippen LogP contribution >= 0.6 is 0 Å². The molecule has 2 bridgehead atoms. The first-order chi connectivity index (χ1) is 17.0. The highest BCUT2D eigenvalue weighted by Crippen LogP contribution is 2.45. The van der Waals surface area contributed by atoms with Crippen LogP contribution in [0.15, 0.2) is 48.5 Å². The Morgan fingerprint density at radius 3 is 2.20 bits per heavy atom. The number of fused-ring (bicyclic) bond motifs is 5. The number of alkyl carbamates (subject to hydrolysis) is 1. The molecule has 2 amide bonds. The Kier molecular flexibility index (Phi) is 5.50. The second kappa shape index (κ2) is 8.70. The zero-order valence-corrected chi connectivity index (χ0v) is 19.6. The lowest BCUT2D eigenvalue weighted by Crippen LogP contribution is -2.55. The van der Waals surface area contributed by atoms with Crippen molar-refractivity contribution in [3.8, 4) is 11.1 Å². The lowest BCUT2D eigenvalue weighted by atomic mass is 9.79. The third kappa shape index (κ3) is 3.68. The number of nitrogens with one attached hydrogen (secondary N) is 1. The van der Waals surface area contributed by atoms with Crippen molar-refractivity contribution in [1.29, 1.82) is 0 Å². The van der Waals surface area contributed by atoms with Gasteiger partial charge in [-0.2, -0.15) is 0 Å². The van der Waals surface area contributed by atoms with Crippen molar-refractivity contribution in [2.45, 2.75) is 62.6 Å². The van der Waals surface area contributed by atoms with E-state index in [0.717, 1.165) is 54.4 Å². The molecule has 0 aromatic heterocycles. The Bertz CT molecular complexity index is 1130. The minimum Gasteiger partial charge on any atom is -0.481 e. The Morgan fingerprint density at radius 2 is 1.63 bits per heavy atom. The Balaban J connectivity index is 1.15. The van der Waals surface area contributed by atoms with E-state index in [9.17, 15) is 19.5 Å². The Labute approximate surface area is 204 Å². The third-order valence-electron chi connectivity index (χ3n) is 8.61. The summed E-state index contributed by atoms with van der Waals surface area (Å²) in [4.78, 5) is 40.0. The Morgan fingerprint density at radius 1 is 0.971 bits per heavy atom. The van der Waals surface area contributed by atoms with Crippen molar-refractivity contribution in [3.63, 3.8) is 0 Å². The predicted octanol–water partition coefficient (Wildman–Crippen LogP) is 4.16. The number of carboxylic acid groups (broad SMARTS) is 1. The van der Waals surface area contributed by atoms with E-state index in [0.29, 0.717) is 6.42 Å². The zero-order chi connectivity index (χ0) is 24.1. The summed E-state index contributed by atoms with van der Waals surface area (Å²) in [6.45, 7) is 0.196. The van der Waals surface area contributed by atoms with Crippen LogP contribution in [0.1, 0.15) is 55.6 Å². The summed E-state index contributed by atoms with van der Waals surface area (Å²) in [6.07, 6.45) is 4.27. The summed E-state index contributed by atoms with van der Waals surface area (Å²) in [6, 6.07) is 15.4. The van der Waals surface area contributed by atoms with Gasteiger partial charge in [0.2, 0.25) is 5.91 Å². The van der Waals surface area contributed by atoms with E-state index in [-0.39, 0.29) is 36.4 Å². The maximum atomic E-state index is 13.6. The highest BCUT2D eigenvalue weighted by Gasteiger charge is 2.53. The molecule has 0 spiro atoms. The Hall–Kier alpha value is -3.35. The number of amides is 2. The van der Waals surface area contributed by atoms with Crippen molar-refractivity contribution >= 4 is 18.0 Å². The average Bonchev–Trinajstić information content (AvgIpc) is 3.50. The quantitative estimate of drug-likeness (QED) is 0.656. The summed E-state index contributed by atoms with van der Waals surface area (Å²) in [5.41, 5.74) is 4.61. The molecule has 35 heavy (non-hydrogen) atoms.